The molecule has 0 aliphatic carbocycles. The van der Waals surface area contributed by atoms with Crippen molar-refractivity contribution in [3.63, 3.8) is 0 Å². The summed E-state index contributed by atoms with van der Waals surface area (Å²) in [5, 5.41) is 3.38. The van der Waals surface area contributed by atoms with E-state index in [-0.39, 0.29) is 5.89 Å². The molecule has 0 saturated carbocycles. The van der Waals surface area contributed by atoms with Crippen molar-refractivity contribution in [1.29, 1.82) is 0 Å². The van der Waals surface area contributed by atoms with Gasteiger partial charge in [-0.05, 0) is 37.5 Å². The molecule has 8 nitrogen and oxygen atoms in total. The van der Waals surface area contributed by atoms with Crippen LogP contribution in [0.3, 0.4) is 0 Å². The molecule has 1 fully saturated rings. The number of para-hydroxylation sites is 2. The van der Waals surface area contributed by atoms with Gasteiger partial charge in [-0.25, -0.2) is 9.78 Å². The first kappa shape index (κ1) is 19.4. The molecule has 1 unspecified atom stereocenters. The quantitative estimate of drug-likeness (QED) is 0.486. The Morgan fingerprint density at radius 1 is 1.17 bits per heavy atom. The molecule has 2 N–H and O–H groups in total. The molecule has 2 aromatic carbocycles. The maximum absolute atomic E-state index is 12.8. The summed E-state index contributed by atoms with van der Waals surface area (Å²) in [5.41, 5.74) is 3.54. The number of hydrazine groups is 1. The van der Waals surface area contributed by atoms with E-state index in [2.05, 4.69) is 15.7 Å². The second kappa shape index (κ2) is 7.82. The molecule has 2 heterocycles. The van der Waals surface area contributed by atoms with E-state index in [0.717, 1.165) is 11.6 Å². The van der Waals surface area contributed by atoms with Crippen molar-refractivity contribution in [2.45, 2.75) is 25.3 Å². The largest absolute Gasteiger partial charge is 0.437 e. The number of amides is 4. The van der Waals surface area contributed by atoms with Gasteiger partial charge in [0.05, 0.1) is 0 Å². The zero-order valence-corrected chi connectivity index (χ0v) is 16.3. The molecule has 152 valence electrons. The third-order valence-corrected chi connectivity index (χ3v) is 4.93. The number of aromatic nitrogens is 1. The number of hydrogen-bond acceptors (Lipinski definition) is 5. The Hall–Kier alpha value is -3.94. The topological polar surface area (TPSA) is 105 Å². The number of rotatable bonds is 6. The minimum absolute atomic E-state index is 0.247. The number of oxazole rings is 1. The lowest BCUT2D eigenvalue weighted by Crippen LogP contribution is -2.48. The molecule has 0 bridgehead atoms. The van der Waals surface area contributed by atoms with Crippen LogP contribution in [0.2, 0.25) is 0 Å². The molecule has 0 radical (unpaired) electrons. The third-order valence-electron chi connectivity index (χ3n) is 4.93. The predicted molar refractivity (Wildman–Crippen MR) is 110 cm³/mol. The average Bonchev–Trinajstić information content (AvgIpc) is 3.26. The standard InChI is InChI=1S/C22H20N4O4/c1-22(14-13-15-7-3-2-4-8-15)20(28)26(21(29)24-22)25-18(27)11-12-19-23-16-9-5-6-10-17(16)30-19/h2-12H,13-14H2,1H3,(H,24,29)(H,25,27). The summed E-state index contributed by atoms with van der Waals surface area (Å²) in [5.74, 6) is -0.906. The number of fused-ring (bicyclic) bond motifs is 1. The van der Waals surface area contributed by atoms with Crippen molar-refractivity contribution in [1.82, 2.24) is 20.7 Å². The van der Waals surface area contributed by atoms with Gasteiger partial charge in [0.2, 0.25) is 5.89 Å². The van der Waals surface area contributed by atoms with Crippen molar-refractivity contribution < 1.29 is 18.8 Å². The normalized spacial score (nSPS) is 18.9. The molecule has 1 aliphatic heterocycles. The second-order valence-electron chi connectivity index (χ2n) is 7.22. The first-order valence-electron chi connectivity index (χ1n) is 9.49. The predicted octanol–water partition coefficient (Wildman–Crippen LogP) is 2.82. The van der Waals surface area contributed by atoms with Crippen LogP contribution in [0.5, 0.6) is 0 Å². The summed E-state index contributed by atoms with van der Waals surface area (Å²) in [6.07, 6.45) is 3.56. The van der Waals surface area contributed by atoms with Gasteiger partial charge in [0, 0.05) is 12.2 Å². The van der Waals surface area contributed by atoms with E-state index < -0.39 is 23.4 Å². The number of carbonyl (C=O) groups excluding carboxylic acids is 3. The fraction of sp³-hybridized carbons (Fsp3) is 0.182. The number of imide groups is 1. The highest BCUT2D eigenvalue weighted by Crippen LogP contribution is 2.22. The molecule has 3 aromatic rings. The molecule has 1 atom stereocenters. The van der Waals surface area contributed by atoms with Gasteiger partial charge in [-0.2, -0.15) is 5.01 Å². The molecule has 4 rings (SSSR count). The minimum atomic E-state index is -1.09. The van der Waals surface area contributed by atoms with Gasteiger partial charge in [-0.15, -0.1) is 0 Å². The smallest absolute Gasteiger partial charge is 0.344 e. The number of nitrogens with one attached hydrogen (secondary N) is 2. The van der Waals surface area contributed by atoms with E-state index in [4.69, 9.17) is 4.42 Å². The van der Waals surface area contributed by atoms with Gasteiger partial charge in [0.1, 0.15) is 11.1 Å². The number of nitrogens with zero attached hydrogens (tertiary/aromatic N) is 2. The lowest BCUT2D eigenvalue weighted by atomic mass is 9.93. The maximum atomic E-state index is 12.8. The van der Waals surface area contributed by atoms with E-state index in [1.54, 1.807) is 19.1 Å². The van der Waals surface area contributed by atoms with Crippen molar-refractivity contribution in [3.05, 3.63) is 72.1 Å². The zero-order valence-electron chi connectivity index (χ0n) is 16.3. The fourth-order valence-corrected chi connectivity index (χ4v) is 3.25. The highest BCUT2D eigenvalue weighted by molar-refractivity contribution is 6.08. The van der Waals surface area contributed by atoms with E-state index in [1.165, 1.54) is 6.08 Å². The number of carbonyl (C=O) groups is 3. The maximum Gasteiger partial charge on any atom is 0.344 e. The van der Waals surface area contributed by atoms with Gasteiger partial charge in [0.15, 0.2) is 5.58 Å². The molecule has 8 heteroatoms. The van der Waals surface area contributed by atoms with Gasteiger partial charge < -0.3 is 9.73 Å². The molecule has 4 amide bonds. The van der Waals surface area contributed by atoms with Gasteiger partial charge in [-0.3, -0.25) is 15.0 Å². The van der Waals surface area contributed by atoms with Crippen molar-refractivity contribution >= 4 is 35.0 Å². The van der Waals surface area contributed by atoms with E-state index >= 15 is 0 Å². The summed E-state index contributed by atoms with van der Waals surface area (Å²) in [4.78, 5) is 41.5. The number of aryl methyl sites for hydroxylation is 1. The first-order valence-corrected chi connectivity index (χ1v) is 9.49. The summed E-state index contributed by atoms with van der Waals surface area (Å²) in [6.45, 7) is 1.65. The molecule has 1 aliphatic rings. The van der Waals surface area contributed by atoms with Crippen LogP contribution in [0, 0.1) is 0 Å². The third kappa shape index (κ3) is 3.93. The van der Waals surface area contributed by atoms with E-state index in [0.29, 0.717) is 29.0 Å². The zero-order chi connectivity index (χ0) is 21.1. The number of urea groups is 1. The Labute approximate surface area is 172 Å². The van der Waals surface area contributed by atoms with Crippen LogP contribution < -0.4 is 10.7 Å². The Morgan fingerprint density at radius 2 is 1.90 bits per heavy atom. The Bertz CT molecular complexity index is 1110. The highest BCUT2D eigenvalue weighted by Gasteiger charge is 2.48. The molecular weight excluding hydrogens is 384 g/mol. The summed E-state index contributed by atoms with van der Waals surface area (Å²) in [6, 6.07) is 16.2. The van der Waals surface area contributed by atoms with Crippen LogP contribution in [0.25, 0.3) is 17.2 Å². The van der Waals surface area contributed by atoms with E-state index in [9.17, 15) is 14.4 Å². The molecule has 1 saturated heterocycles. The monoisotopic (exact) mass is 404 g/mol. The molecule has 1 aromatic heterocycles. The van der Waals surface area contributed by atoms with Gasteiger partial charge in [-0.1, -0.05) is 42.5 Å². The van der Waals surface area contributed by atoms with Crippen molar-refractivity contribution in [3.8, 4) is 0 Å². The van der Waals surface area contributed by atoms with Gasteiger partial charge >= 0.3 is 6.03 Å². The van der Waals surface area contributed by atoms with Crippen molar-refractivity contribution in [2.75, 3.05) is 0 Å². The van der Waals surface area contributed by atoms with Crippen LogP contribution in [0.4, 0.5) is 4.79 Å². The summed E-state index contributed by atoms with van der Waals surface area (Å²) < 4.78 is 5.50. The Kier molecular flexibility index (Phi) is 5.05. The summed E-state index contributed by atoms with van der Waals surface area (Å²) >= 11 is 0. The van der Waals surface area contributed by atoms with Gasteiger partial charge in [0.25, 0.3) is 11.8 Å². The Balaban J connectivity index is 1.39. The SMILES string of the molecule is CC1(CCc2ccccc2)NC(=O)N(NC(=O)C=Cc2nc3ccccc3o2)C1=O. The summed E-state index contributed by atoms with van der Waals surface area (Å²) in [7, 11) is 0. The molecular formula is C22H20N4O4. The Morgan fingerprint density at radius 3 is 2.67 bits per heavy atom. The second-order valence-corrected chi connectivity index (χ2v) is 7.22. The first-order chi connectivity index (χ1) is 14.4. The molecule has 30 heavy (non-hydrogen) atoms. The van der Waals surface area contributed by atoms with Crippen LogP contribution >= 0.6 is 0 Å². The fourth-order valence-electron chi connectivity index (χ4n) is 3.25. The van der Waals surface area contributed by atoms with Crippen LogP contribution in [0.1, 0.15) is 24.8 Å². The van der Waals surface area contributed by atoms with Crippen LogP contribution in [-0.2, 0) is 16.0 Å². The average molecular weight is 404 g/mol. The van der Waals surface area contributed by atoms with Crippen molar-refractivity contribution in [2.24, 2.45) is 0 Å². The lowest BCUT2D eigenvalue weighted by molar-refractivity contribution is -0.137. The highest BCUT2D eigenvalue weighted by atomic mass is 16.3. The number of hydrogen-bond donors (Lipinski definition) is 2. The number of benzene rings is 2. The van der Waals surface area contributed by atoms with E-state index in [1.807, 2.05) is 42.5 Å². The minimum Gasteiger partial charge on any atom is -0.437 e. The molecule has 0 spiro atoms. The lowest BCUT2D eigenvalue weighted by Gasteiger charge is -2.21. The van der Waals surface area contributed by atoms with Crippen LogP contribution in [0.15, 0.2) is 65.1 Å². The van der Waals surface area contributed by atoms with Crippen LogP contribution in [-0.4, -0.2) is 33.4 Å².